The standard InChI is InChI=1S/C9H10F2N2O2/c1-9(10,11)7-3-6(12)5(4-13-7)8(14)15-2/h3-4H,1-2H3,(H2,12,13). The maximum atomic E-state index is 12.8. The number of nitrogens with zero attached hydrogens (tertiary/aromatic N) is 1. The molecule has 0 fully saturated rings. The van der Waals surface area contributed by atoms with Crippen LogP contribution in [-0.4, -0.2) is 18.1 Å². The molecule has 1 aromatic rings. The highest BCUT2D eigenvalue weighted by Crippen LogP contribution is 2.27. The van der Waals surface area contributed by atoms with Gasteiger partial charge < -0.3 is 10.5 Å². The first kappa shape index (κ1) is 11.4. The van der Waals surface area contributed by atoms with Crippen molar-refractivity contribution >= 4 is 11.7 Å². The van der Waals surface area contributed by atoms with Crippen LogP contribution < -0.4 is 5.73 Å². The summed E-state index contributed by atoms with van der Waals surface area (Å²) >= 11 is 0. The number of methoxy groups -OCH3 is 1. The molecule has 0 radical (unpaired) electrons. The van der Waals surface area contributed by atoms with E-state index in [1.165, 1.54) is 7.11 Å². The van der Waals surface area contributed by atoms with Gasteiger partial charge in [0.05, 0.1) is 7.11 Å². The molecule has 0 aromatic carbocycles. The number of halogens is 2. The summed E-state index contributed by atoms with van der Waals surface area (Å²) in [6.07, 6.45) is 0.980. The zero-order chi connectivity index (χ0) is 11.6. The summed E-state index contributed by atoms with van der Waals surface area (Å²) < 4.78 is 30.0. The largest absolute Gasteiger partial charge is 0.465 e. The monoisotopic (exact) mass is 216 g/mol. The molecule has 0 unspecified atom stereocenters. The molecule has 2 N–H and O–H groups in total. The van der Waals surface area contributed by atoms with Gasteiger partial charge in [0.15, 0.2) is 0 Å². The minimum Gasteiger partial charge on any atom is -0.465 e. The van der Waals surface area contributed by atoms with E-state index >= 15 is 0 Å². The molecular weight excluding hydrogens is 206 g/mol. The lowest BCUT2D eigenvalue weighted by molar-refractivity contribution is 0.0127. The van der Waals surface area contributed by atoms with Crippen molar-refractivity contribution in [3.05, 3.63) is 23.5 Å². The summed E-state index contributed by atoms with van der Waals surface area (Å²) in [7, 11) is 1.17. The third-order valence-electron chi connectivity index (χ3n) is 1.79. The molecule has 0 bridgehead atoms. The molecule has 1 rings (SSSR count). The number of hydrogen-bond acceptors (Lipinski definition) is 4. The predicted molar refractivity (Wildman–Crippen MR) is 49.6 cm³/mol. The van der Waals surface area contributed by atoms with Crippen LogP contribution in [0.1, 0.15) is 23.0 Å². The van der Waals surface area contributed by atoms with E-state index in [0.717, 1.165) is 12.3 Å². The number of aromatic nitrogens is 1. The lowest BCUT2D eigenvalue weighted by Crippen LogP contribution is -2.13. The van der Waals surface area contributed by atoms with Gasteiger partial charge in [0.25, 0.3) is 5.92 Å². The van der Waals surface area contributed by atoms with Crippen LogP contribution in [0, 0.1) is 0 Å². The van der Waals surface area contributed by atoms with E-state index in [4.69, 9.17) is 5.73 Å². The van der Waals surface area contributed by atoms with E-state index < -0.39 is 17.6 Å². The summed E-state index contributed by atoms with van der Waals surface area (Å²) in [6, 6.07) is 0.965. The van der Waals surface area contributed by atoms with Crippen molar-refractivity contribution in [1.29, 1.82) is 0 Å². The van der Waals surface area contributed by atoms with Gasteiger partial charge in [0, 0.05) is 18.8 Å². The first-order valence-electron chi connectivity index (χ1n) is 4.08. The molecule has 1 aromatic heterocycles. The van der Waals surface area contributed by atoms with E-state index in [2.05, 4.69) is 9.72 Å². The summed E-state index contributed by atoms with van der Waals surface area (Å²) in [5.41, 5.74) is 4.84. The number of hydrogen-bond donors (Lipinski definition) is 1. The van der Waals surface area contributed by atoms with Gasteiger partial charge in [0.1, 0.15) is 11.3 Å². The Hall–Kier alpha value is -1.72. The van der Waals surface area contributed by atoms with E-state index in [0.29, 0.717) is 6.92 Å². The van der Waals surface area contributed by atoms with Crippen molar-refractivity contribution in [1.82, 2.24) is 4.98 Å². The molecule has 15 heavy (non-hydrogen) atoms. The maximum Gasteiger partial charge on any atom is 0.341 e. The third kappa shape index (κ3) is 2.39. The first-order chi connectivity index (χ1) is 6.86. The molecular formula is C9H10F2N2O2. The molecule has 0 aliphatic heterocycles. The van der Waals surface area contributed by atoms with E-state index in [-0.39, 0.29) is 11.3 Å². The second kappa shape index (κ2) is 3.80. The Morgan fingerprint density at radius 1 is 1.60 bits per heavy atom. The lowest BCUT2D eigenvalue weighted by atomic mass is 10.1. The molecule has 0 spiro atoms. The Kier molecular flexibility index (Phi) is 2.88. The van der Waals surface area contributed by atoms with Gasteiger partial charge in [-0.15, -0.1) is 0 Å². The van der Waals surface area contributed by atoms with Crippen molar-refractivity contribution in [2.24, 2.45) is 0 Å². The Morgan fingerprint density at radius 2 is 2.20 bits per heavy atom. The Morgan fingerprint density at radius 3 is 2.60 bits per heavy atom. The van der Waals surface area contributed by atoms with Gasteiger partial charge in [0.2, 0.25) is 0 Å². The van der Waals surface area contributed by atoms with Gasteiger partial charge >= 0.3 is 5.97 Å². The number of nitrogens with two attached hydrogens (primary N) is 1. The third-order valence-corrected chi connectivity index (χ3v) is 1.79. The van der Waals surface area contributed by atoms with Crippen LogP contribution in [0.5, 0.6) is 0 Å². The fourth-order valence-electron chi connectivity index (χ4n) is 0.992. The minimum absolute atomic E-state index is 0.0227. The van der Waals surface area contributed by atoms with Gasteiger partial charge in [-0.2, -0.15) is 8.78 Å². The molecule has 82 valence electrons. The molecule has 6 heteroatoms. The summed E-state index contributed by atoms with van der Waals surface area (Å²) in [6.45, 7) is 0.701. The summed E-state index contributed by atoms with van der Waals surface area (Å²) in [4.78, 5) is 14.5. The van der Waals surface area contributed by atoms with Gasteiger partial charge in [-0.1, -0.05) is 0 Å². The highest BCUT2D eigenvalue weighted by Gasteiger charge is 2.27. The normalized spacial score (nSPS) is 11.2. The fraction of sp³-hybridized carbons (Fsp3) is 0.333. The summed E-state index contributed by atoms with van der Waals surface area (Å²) in [5.74, 6) is -3.78. The molecule has 0 aliphatic carbocycles. The van der Waals surface area contributed by atoms with Crippen LogP contribution in [0.25, 0.3) is 0 Å². The molecule has 4 nitrogen and oxygen atoms in total. The Labute approximate surface area is 85.1 Å². The lowest BCUT2D eigenvalue weighted by Gasteiger charge is -2.11. The van der Waals surface area contributed by atoms with Gasteiger partial charge in [-0.25, -0.2) is 4.79 Å². The van der Waals surface area contributed by atoms with E-state index in [1.54, 1.807) is 0 Å². The number of alkyl halides is 2. The number of anilines is 1. The van der Waals surface area contributed by atoms with Crippen molar-refractivity contribution < 1.29 is 18.3 Å². The highest BCUT2D eigenvalue weighted by molar-refractivity contribution is 5.94. The number of carbonyl (C=O) groups is 1. The second-order valence-electron chi connectivity index (χ2n) is 3.04. The van der Waals surface area contributed by atoms with Crippen molar-refractivity contribution in [3.63, 3.8) is 0 Å². The minimum atomic E-state index is -3.08. The van der Waals surface area contributed by atoms with Crippen LogP contribution in [0.3, 0.4) is 0 Å². The van der Waals surface area contributed by atoms with Crippen LogP contribution in [0.2, 0.25) is 0 Å². The molecule has 0 atom stereocenters. The van der Waals surface area contributed by atoms with Crippen LogP contribution in [0.15, 0.2) is 12.3 Å². The van der Waals surface area contributed by atoms with E-state index in [9.17, 15) is 13.6 Å². The average Bonchev–Trinajstić information content (AvgIpc) is 2.15. The maximum absolute atomic E-state index is 12.8. The van der Waals surface area contributed by atoms with Gasteiger partial charge in [-0.05, 0) is 6.07 Å². The Balaban J connectivity index is 3.15. The summed E-state index contributed by atoms with van der Waals surface area (Å²) in [5, 5.41) is 0. The van der Waals surface area contributed by atoms with Crippen molar-refractivity contribution in [3.8, 4) is 0 Å². The average molecular weight is 216 g/mol. The highest BCUT2D eigenvalue weighted by atomic mass is 19.3. The molecule has 0 saturated heterocycles. The van der Waals surface area contributed by atoms with Crippen LogP contribution in [0.4, 0.5) is 14.5 Å². The van der Waals surface area contributed by atoms with E-state index in [1.807, 2.05) is 0 Å². The molecule has 0 aliphatic rings. The Bertz CT molecular complexity index is 388. The number of esters is 1. The number of carbonyl (C=O) groups excluding carboxylic acids is 1. The molecule has 0 saturated carbocycles. The second-order valence-corrected chi connectivity index (χ2v) is 3.04. The first-order valence-corrected chi connectivity index (χ1v) is 4.08. The number of ether oxygens (including phenoxy) is 1. The SMILES string of the molecule is COC(=O)c1cnc(C(C)(F)F)cc1N. The number of rotatable bonds is 2. The number of pyridine rings is 1. The smallest absolute Gasteiger partial charge is 0.341 e. The number of nitrogen functional groups attached to an aromatic ring is 1. The predicted octanol–water partition coefficient (Wildman–Crippen LogP) is 1.56. The van der Waals surface area contributed by atoms with Gasteiger partial charge in [-0.3, -0.25) is 4.98 Å². The molecule has 1 heterocycles. The zero-order valence-electron chi connectivity index (χ0n) is 8.25. The van der Waals surface area contributed by atoms with Crippen LogP contribution >= 0.6 is 0 Å². The van der Waals surface area contributed by atoms with Crippen molar-refractivity contribution in [2.45, 2.75) is 12.8 Å². The fourth-order valence-corrected chi connectivity index (χ4v) is 0.992. The zero-order valence-corrected chi connectivity index (χ0v) is 8.25. The van der Waals surface area contributed by atoms with Crippen molar-refractivity contribution in [2.75, 3.05) is 12.8 Å². The topological polar surface area (TPSA) is 65.2 Å². The van der Waals surface area contributed by atoms with Crippen LogP contribution in [-0.2, 0) is 10.7 Å². The molecule has 0 amide bonds. The quantitative estimate of drug-likeness (QED) is 0.762.